The number of fused-ring (bicyclic) bond motifs is 5. The van der Waals surface area contributed by atoms with Crippen LogP contribution in [0.15, 0.2) is 24.3 Å². The largest absolute Gasteiger partial charge is 0.573 e. The molecule has 10 heteroatoms. The van der Waals surface area contributed by atoms with E-state index in [1.54, 1.807) is 0 Å². The Morgan fingerprint density at radius 3 is 2.12 bits per heavy atom. The Balaban J connectivity index is 1.74. The Kier molecular flexibility index (Phi) is 4.49. The number of hydrogen-bond donors (Lipinski definition) is 1. The third-order valence-corrected chi connectivity index (χ3v) is 7.21. The van der Waals surface area contributed by atoms with Gasteiger partial charge in [0.1, 0.15) is 17.9 Å². The number of carbonyl (C=O) groups is 1. The fourth-order valence-electron chi connectivity index (χ4n) is 5.12. The number of anilines is 1. The van der Waals surface area contributed by atoms with Gasteiger partial charge in [-0.25, -0.2) is 9.97 Å². The van der Waals surface area contributed by atoms with Crippen molar-refractivity contribution >= 4 is 11.6 Å². The van der Waals surface area contributed by atoms with Gasteiger partial charge in [-0.15, -0.1) is 13.2 Å². The monoisotopic (exact) mass is 441 g/mol. The first-order valence-electron chi connectivity index (χ1n) is 9.80. The van der Waals surface area contributed by atoms with Crippen molar-refractivity contribution in [1.29, 1.82) is 10.5 Å². The van der Waals surface area contributed by atoms with Crippen LogP contribution in [0.5, 0.6) is 5.75 Å². The lowest BCUT2D eigenvalue weighted by Gasteiger charge is -2.39. The Morgan fingerprint density at radius 1 is 1.03 bits per heavy atom. The maximum absolute atomic E-state index is 13.6. The zero-order valence-electron chi connectivity index (χ0n) is 17.5. The Bertz CT molecular complexity index is 1210. The highest BCUT2D eigenvalue weighted by Crippen LogP contribution is 2.70. The Morgan fingerprint density at radius 2 is 1.59 bits per heavy atom. The van der Waals surface area contributed by atoms with E-state index in [-0.39, 0.29) is 11.4 Å². The summed E-state index contributed by atoms with van der Waals surface area (Å²) in [5.41, 5.74) is -1.33. The summed E-state index contributed by atoms with van der Waals surface area (Å²) in [4.78, 5) is 22.5. The molecular weight excluding hydrogens is 423 g/mol. The van der Waals surface area contributed by atoms with Crippen LogP contribution in [-0.2, 0) is 15.6 Å². The molecule has 2 unspecified atom stereocenters. The van der Waals surface area contributed by atoms with Crippen molar-refractivity contribution in [2.45, 2.75) is 50.8 Å². The number of amides is 1. The summed E-state index contributed by atoms with van der Waals surface area (Å²) in [5.74, 6) is -0.792. The van der Waals surface area contributed by atoms with Crippen LogP contribution in [-0.4, -0.2) is 22.2 Å². The standard InChI is InChI=1S/C22H18F3N5O2/c1-19(2)20(3)8-9-21(19,17-16(20)29-14(10-26)15(11-27)30-17)18(31)28-12-4-6-13(7-5-12)32-22(23,24)25/h4-7H,8-9H2,1-3H3,(H,28,31). The van der Waals surface area contributed by atoms with Crippen LogP contribution in [0.4, 0.5) is 18.9 Å². The number of nitriles is 2. The van der Waals surface area contributed by atoms with Gasteiger partial charge in [-0.05, 0) is 42.5 Å². The molecular formula is C22H18F3N5O2. The molecule has 2 aliphatic rings. The van der Waals surface area contributed by atoms with E-state index in [1.165, 1.54) is 12.1 Å². The van der Waals surface area contributed by atoms with E-state index in [1.807, 2.05) is 32.9 Å². The molecule has 4 rings (SSSR count). The minimum atomic E-state index is -4.81. The smallest absolute Gasteiger partial charge is 0.406 e. The third-order valence-electron chi connectivity index (χ3n) is 7.21. The molecule has 0 spiro atoms. The number of alkyl halides is 3. The van der Waals surface area contributed by atoms with Gasteiger partial charge in [-0.1, -0.05) is 20.8 Å². The van der Waals surface area contributed by atoms with E-state index in [9.17, 15) is 28.5 Å². The maximum Gasteiger partial charge on any atom is 0.573 e. The summed E-state index contributed by atoms with van der Waals surface area (Å²) in [6.45, 7) is 5.83. The first-order valence-corrected chi connectivity index (χ1v) is 9.80. The molecule has 0 radical (unpaired) electrons. The first kappa shape index (κ1) is 21.6. The quantitative estimate of drug-likeness (QED) is 0.768. The third kappa shape index (κ3) is 2.76. The lowest BCUT2D eigenvalue weighted by molar-refractivity contribution is -0.274. The fraction of sp³-hybridized carbons (Fsp3) is 0.409. The van der Waals surface area contributed by atoms with Gasteiger partial charge in [0.2, 0.25) is 5.91 Å². The Hall–Kier alpha value is -3.66. The molecule has 1 aromatic heterocycles. The average molecular weight is 441 g/mol. The van der Waals surface area contributed by atoms with E-state index >= 15 is 0 Å². The predicted molar refractivity (Wildman–Crippen MR) is 105 cm³/mol. The number of halogens is 3. The van der Waals surface area contributed by atoms with Gasteiger partial charge in [0.05, 0.1) is 16.8 Å². The summed E-state index contributed by atoms with van der Waals surface area (Å²) >= 11 is 0. The van der Waals surface area contributed by atoms with Crippen molar-refractivity contribution in [3.8, 4) is 17.9 Å². The summed E-state index contributed by atoms with van der Waals surface area (Å²) in [6.07, 6.45) is -3.73. The van der Waals surface area contributed by atoms with Gasteiger partial charge in [0.25, 0.3) is 0 Å². The Labute approximate surface area is 181 Å². The molecule has 164 valence electrons. The molecule has 1 saturated carbocycles. The van der Waals surface area contributed by atoms with Crippen molar-refractivity contribution in [2.24, 2.45) is 5.41 Å². The average Bonchev–Trinajstić information content (AvgIpc) is 3.02. The SMILES string of the molecule is CC12CCC(C(=O)Nc3ccc(OC(F)(F)F)cc3)(c3nc(C#N)c(C#N)nc31)C2(C)C. The van der Waals surface area contributed by atoms with E-state index in [4.69, 9.17) is 0 Å². The maximum atomic E-state index is 13.6. The van der Waals surface area contributed by atoms with Crippen molar-refractivity contribution in [2.75, 3.05) is 5.32 Å². The van der Waals surface area contributed by atoms with Gasteiger partial charge >= 0.3 is 6.36 Å². The summed E-state index contributed by atoms with van der Waals surface area (Å²) in [6, 6.07) is 8.62. The van der Waals surface area contributed by atoms with Gasteiger partial charge in [0.15, 0.2) is 11.4 Å². The van der Waals surface area contributed by atoms with Crippen molar-refractivity contribution in [3.63, 3.8) is 0 Å². The second kappa shape index (κ2) is 6.67. The van der Waals surface area contributed by atoms with Crippen LogP contribution in [0.2, 0.25) is 0 Å². The van der Waals surface area contributed by atoms with Crippen molar-refractivity contribution < 1.29 is 22.7 Å². The van der Waals surface area contributed by atoms with E-state index in [2.05, 4.69) is 20.0 Å². The molecule has 2 aliphatic carbocycles. The number of aromatic nitrogens is 2. The molecule has 32 heavy (non-hydrogen) atoms. The van der Waals surface area contributed by atoms with Crippen LogP contribution in [0.25, 0.3) is 0 Å². The zero-order valence-corrected chi connectivity index (χ0v) is 17.5. The molecule has 7 nitrogen and oxygen atoms in total. The molecule has 1 N–H and O–H groups in total. The minimum absolute atomic E-state index is 0.0772. The second-order valence-corrected chi connectivity index (χ2v) is 8.73. The normalized spacial score (nSPS) is 24.9. The molecule has 0 aliphatic heterocycles. The zero-order chi connectivity index (χ0) is 23.5. The highest BCUT2D eigenvalue weighted by molar-refractivity contribution is 6.01. The topological polar surface area (TPSA) is 112 Å². The van der Waals surface area contributed by atoms with Gasteiger partial charge in [-0.2, -0.15) is 10.5 Å². The fourth-order valence-corrected chi connectivity index (χ4v) is 5.12. The lowest BCUT2D eigenvalue weighted by atomic mass is 9.63. The van der Waals surface area contributed by atoms with Crippen LogP contribution in [0.3, 0.4) is 0 Å². The number of benzene rings is 1. The second-order valence-electron chi connectivity index (χ2n) is 8.73. The van der Waals surface area contributed by atoms with Crippen LogP contribution < -0.4 is 10.1 Å². The number of nitrogens with one attached hydrogen (secondary N) is 1. The predicted octanol–water partition coefficient (Wildman–Crippen LogP) is 4.09. The summed E-state index contributed by atoms with van der Waals surface area (Å²) in [5, 5.41) is 21.6. The highest BCUT2D eigenvalue weighted by atomic mass is 19.4. The summed E-state index contributed by atoms with van der Waals surface area (Å²) < 4.78 is 41.0. The van der Waals surface area contributed by atoms with Crippen LogP contribution >= 0.6 is 0 Å². The number of hydrogen-bond acceptors (Lipinski definition) is 6. The van der Waals surface area contributed by atoms with Crippen LogP contribution in [0, 0.1) is 28.1 Å². The molecule has 1 fully saturated rings. The number of rotatable bonds is 3. The molecule has 2 aromatic rings. The van der Waals surface area contributed by atoms with E-state index in [0.717, 1.165) is 12.1 Å². The minimum Gasteiger partial charge on any atom is -0.406 e. The molecule has 2 atom stereocenters. The van der Waals surface area contributed by atoms with E-state index < -0.39 is 34.3 Å². The van der Waals surface area contributed by atoms with Gasteiger partial charge in [0, 0.05) is 11.1 Å². The van der Waals surface area contributed by atoms with Gasteiger partial charge in [-0.3, -0.25) is 4.79 Å². The molecule has 2 bridgehead atoms. The molecule has 1 amide bonds. The number of ether oxygens (including phenoxy) is 1. The number of carbonyl (C=O) groups excluding carboxylic acids is 1. The number of nitrogens with zero attached hydrogens (tertiary/aromatic N) is 4. The summed E-state index contributed by atoms with van der Waals surface area (Å²) in [7, 11) is 0. The van der Waals surface area contributed by atoms with Crippen molar-refractivity contribution in [3.05, 3.63) is 47.0 Å². The lowest BCUT2D eigenvalue weighted by Crippen LogP contribution is -2.48. The molecule has 0 saturated heterocycles. The van der Waals surface area contributed by atoms with E-state index in [0.29, 0.717) is 29.9 Å². The van der Waals surface area contributed by atoms with Crippen LogP contribution in [0.1, 0.15) is 56.4 Å². The van der Waals surface area contributed by atoms with Crippen molar-refractivity contribution in [1.82, 2.24) is 9.97 Å². The molecule has 1 heterocycles. The molecule has 1 aromatic carbocycles. The highest BCUT2D eigenvalue weighted by Gasteiger charge is 2.73. The first-order chi connectivity index (χ1) is 14.9. The van der Waals surface area contributed by atoms with Gasteiger partial charge < -0.3 is 10.1 Å².